The van der Waals surface area contributed by atoms with Crippen molar-refractivity contribution in [2.45, 2.75) is 6.42 Å². The largest absolute Gasteiger partial charge is 0.493 e. The first-order valence-electron chi connectivity index (χ1n) is 8.96. The number of hydrogen-bond acceptors (Lipinski definition) is 5. The molecule has 28 heavy (non-hydrogen) atoms. The molecule has 140 valence electrons. The summed E-state index contributed by atoms with van der Waals surface area (Å²) in [5, 5.41) is 4.10. The number of nitrogens with zero attached hydrogens (tertiary/aromatic N) is 2. The van der Waals surface area contributed by atoms with Crippen LogP contribution in [0.3, 0.4) is 0 Å². The van der Waals surface area contributed by atoms with Crippen LogP contribution in [0.15, 0.2) is 77.3 Å². The highest BCUT2D eigenvalue weighted by Crippen LogP contribution is 2.31. The van der Waals surface area contributed by atoms with Crippen LogP contribution in [0.4, 0.5) is 0 Å². The van der Waals surface area contributed by atoms with E-state index in [4.69, 9.17) is 14.0 Å². The minimum Gasteiger partial charge on any atom is -0.493 e. The van der Waals surface area contributed by atoms with Gasteiger partial charge in [0.15, 0.2) is 11.5 Å². The predicted molar refractivity (Wildman–Crippen MR) is 108 cm³/mol. The Bertz CT molecular complexity index is 1060. The van der Waals surface area contributed by atoms with E-state index in [9.17, 15) is 0 Å². The number of hydrogen-bond donors (Lipinski definition) is 0. The molecule has 5 heteroatoms. The van der Waals surface area contributed by atoms with Gasteiger partial charge >= 0.3 is 0 Å². The molecule has 0 N–H and O–H groups in total. The summed E-state index contributed by atoms with van der Waals surface area (Å²) in [4.78, 5) is 4.51. The Hall–Kier alpha value is -3.60. The molecule has 4 rings (SSSR count). The second-order valence-electron chi connectivity index (χ2n) is 6.32. The highest BCUT2D eigenvalue weighted by molar-refractivity contribution is 5.63. The lowest BCUT2D eigenvalue weighted by atomic mass is 10.0. The Labute approximate surface area is 163 Å². The molecule has 0 aliphatic carbocycles. The fraction of sp³-hybridized carbons (Fsp3) is 0.130. The number of ether oxygens (including phenoxy) is 2. The van der Waals surface area contributed by atoms with Gasteiger partial charge in [-0.15, -0.1) is 0 Å². The maximum atomic E-state index is 5.43. The van der Waals surface area contributed by atoms with Crippen molar-refractivity contribution < 1.29 is 14.0 Å². The molecule has 4 aromatic rings. The zero-order chi connectivity index (χ0) is 19.3. The summed E-state index contributed by atoms with van der Waals surface area (Å²) in [6, 6.07) is 24.2. The van der Waals surface area contributed by atoms with Crippen LogP contribution in [0.1, 0.15) is 11.5 Å². The Kier molecular flexibility index (Phi) is 5.06. The van der Waals surface area contributed by atoms with Gasteiger partial charge in [0.25, 0.3) is 0 Å². The van der Waals surface area contributed by atoms with Crippen LogP contribution < -0.4 is 9.47 Å². The fourth-order valence-electron chi connectivity index (χ4n) is 3.04. The molecular formula is C23H20N2O3. The molecule has 0 bridgehead atoms. The molecule has 0 radical (unpaired) electrons. The standard InChI is InChI=1S/C23H20N2O3/c1-26-20-13-12-19(15-21(20)27-2)23-24-22(28-25-23)14-16-8-10-18(11-9-16)17-6-4-3-5-7-17/h3-13,15H,14H2,1-2H3. The smallest absolute Gasteiger partial charge is 0.231 e. The van der Waals surface area contributed by atoms with E-state index in [1.807, 2.05) is 36.4 Å². The molecule has 3 aromatic carbocycles. The Morgan fingerprint density at radius 2 is 1.43 bits per heavy atom. The Morgan fingerprint density at radius 3 is 2.14 bits per heavy atom. The van der Waals surface area contributed by atoms with Crippen LogP contribution in [0.5, 0.6) is 11.5 Å². The summed E-state index contributed by atoms with van der Waals surface area (Å²) >= 11 is 0. The van der Waals surface area contributed by atoms with E-state index >= 15 is 0 Å². The number of aromatic nitrogens is 2. The molecule has 0 atom stereocenters. The Balaban J connectivity index is 1.51. The van der Waals surface area contributed by atoms with Gasteiger partial charge in [-0.25, -0.2) is 0 Å². The summed E-state index contributed by atoms with van der Waals surface area (Å²) in [5.41, 5.74) is 4.30. The molecule has 0 saturated carbocycles. The molecule has 0 unspecified atom stereocenters. The van der Waals surface area contributed by atoms with E-state index < -0.39 is 0 Å². The topological polar surface area (TPSA) is 57.4 Å². The summed E-state index contributed by atoms with van der Waals surface area (Å²) < 4.78 is 16.0. The SMILES string of the molecule is COc1ccc(-c2noc(Cc3ccc(-c4ccccc4)cc3)n2)cc1OC. The van der Waals surface area contributed by atoms with E-state index in [0.717, 1.165) is 11.1 Å². The summed E-state index contributed by atoms with van der Waals surface area (Å²) in [6.45, 7) is 0. The zero-order valence-corrected chi connectivity index (χ0v) is 15.8. The van der Waals surface area contributed by atoms with Crippen molar-refractivity contribution in [1.82, 2.24) is 10.1 Å². The quantitative estimate of drug-likeness (QED) is 0.476. The van der Waals surface area contributed by atoms with Crippen LogP contribution >= 0.6 is 0 Å². The van der Waals surface area contributed by atoms with E-state index in [0.29, 0.717) is 29.6 Å². The molecule has 1 heterocycles. The number of benzene rings is 3. The minimum absolute atomic E-state index is 0.525. The third-order valence-electron chi connectivity index (χ3n) is 4.53. The lowest BCUT2D eigenvalue weighted by Gasteiger charge is -2.07. The normalized spacial score (nSPS) is 10.6. The van der Waals surface area contributed by atoms with E-state index in [1.165, 1.54) is 11.1 Å². The third kappa shape index (κ3) is 3.74. The minimum atomic E-state index is 0.525. The van der Waals surface area contributed by atoms with Gasteiger partial charge < -0.3 is 14.0 Å². The predicted octanol–water partition coefficient (Wildman–Crippen LogP) is 5.01. The zero-order valence-electron chi connectivity index (χ0n) is 15.8. The van der Waals surface area contributed by atoms with E-state index in [1.54, 1.807) is 14.2 Å². The average Bonchev–Trinajstić information content (AvgIpc) is 3.23. The number of methoxy groups -OCH3 is 2. The first-order chi connectivity index (χ1) is 13.8. The number of rotatable bonds is 6. The molecule has 0 saturated heterocycles. The third-order valence-corrected chi connectivity index (χ3v) is 4.53. The molecular weight excluding hydrogens is 352 g/mol. The first-order valence-corrected chi connectivity index (χ1v) is 8.96. The van der Waals surface area contributed by atoms with Gasteiger partial charge in [-0.05, 0) is 34.9 Å². The van der Waals surface area contributed by atoms with Gasteiger partial charge in [0.2, 0.25) is 11.7 Å². The van der Waals surface area contributed by atoms with Gasteiger partial charge in [-0.1, -0.05) is 59.8 Å². The molecule has 0 aliphatic rings. The molecule has 0 fully saturated rings. The fourth-order valence-corrected chi connectivity index (χ4v) is 3.04. The maximum Gasteiger partial charge on any atom is 0.231 e. The lowest BCUT2D eigenvalue weighted by Crippen LogP contribution is -1.92. The van der Waals surface area contributed by atoms with Crippen molar-refractivity contribution >= 4 is 0 Å². The monoisotopic (exact) mass is 372 g/mol. The van der Waals surface area contributed by atoms with Gasteiger partial charge in [0.05, 0.1) is 20.6 Å². The first kappa shape index (κ1) is 17.8. The highest BCUT2D eigenvalue weighted by Gasteiger charge is 2.12. The van der Waals surface area contributed by atoms with Crippen LogP contribution in [0.25, 0.3) is 22.5 Å². The lowest BCUT2D eigenvalue weighted by molar-refractivity contribution is 0.355. The molecule has 0 spiro atoms. The van der Waals surface area contributed by atoms with Crippen LogP contribution in [0, 0.1) is 0 Å². The highest BCUT2D eigenvalue weighted by atomic mass is 16.5. The van der Waals surface area contributed by atoms with Crippen LogP contribution in [-0.2, 0) is 6.42 Å². The van der Waals surface area contributed by atoms with E-state index in [-0.39, 0.29) is 0 Å². The van der Waals surface area contributed by atoms with Crippen molar-refractivity contribution in [1.29, 1.82) is 0 Å². The van der Waals surface area contributed by atoms with Crippen molar-refractivity contribution in [2.24, 2.45) is 0 Å². The second kappa shape index (κ2) is 7.96. The molecule has 5 nitrogen and oxygen atoms in total. The summed E-state index contributed by atoms with van der Waals surface area (Å²) in [6.07, 6.45) is 0.579. The molecule has 0 amide bonds. The van der Waals surface area contributed by atoms with Crippen molar-refractivity contribution in [3.63, 3.8) is 0 Å². The van der Waals surface area contributed by atoms with Crippen molar-refractivity contribution in [2.75, 3.05) is 14.2 Å². The van der Waals surface area contributed by atoms with Crippen molar-refractivity contribution in [3.05, 3.63) is 84.3 Å². The second-order valence-corrected chi connectivity index (χ2v) is 6.32. The van der Waals surface area contributed by atoms with Crippen molar-refractivity contribution in [3.8, 4) is 34.0 Å². The Morgan fingerprint density at radius 1 is 0.750 bits per heavy atom. The summed E-state index contributed by atoms with van der Waals surface area (Å²) in [7, 11) is 3.20. The van der Waals surface area contributed by atoms with Gasteiger partial charge in [-0.3, -0.25) is 0 Å². The summed E-state index contributed by atoms with van der Waals surface area (Å²) in [5.74, 6) is 2.38. The van der Waals surface area contributed by atoms with Gasteiger partial charge in [-0.2, -0.15) is 4.98 Å². The average molecular weight is 372 g/mol. The molecule has 1 aromatic heterocycles. The van der Waals surface area contributed by atoms with Gasteiger partial charge in [0.1, 0.15) is 0 Å². The maximum absolute atomic E-state index is 5.43. The van der Waals surface area contributed by atoms with Crippen LogP contribution in [-0.4, -0.2) is 24.4 Å². The van der Waals surface area contributed by atoms with Crippen LogP contribution in [0.2, 0.25) is 0 Å². The van der Waals surface area contributed by atoms with Gasteiger partial charge in [0, 0.05) is 5.56 Å². The molecule has 0 aliphatic heterocycles. The van der Waals surface area contributed by atoms with E-state index in [2.05, 4.69) is 46.5 Å².